The van der Waals surface area contributed by atoms with E-state index in [1.807, 2.05) is 24.3 Å². The zero-order valence-electron chi connectivity index (χ0n) is 15.3. The Morgan fingerprint density at radius 3 is 2.74 bits per heavy atom. The van der Waals surface area contributed by atoms with E-state index in [1.54, 1.807) is 0 Å². The molecule has 1 saturated heterocycles. The summed E-state index contributed by atoms with van der Waals surface area (Å²) in [7, 11) is 0. The highest BCUT2D eigenvalue weighted by molar-refractivity contribution is 5.68. The van der Waals surface area contributed by atoms with Crippen LogP contribution in [0.15, 0.2) is 24.3 Å². The molecule has 27 heavy (non-hydrogen) atoms. The molecular weight excluding hydrogens is 346 g/mol. The van der Waals surface area contributed by atoms with Gasteiger partial charge in [0.1, 0.15) is 5.82 Å². The van der Waals surface area contributed by atoms with Crippen LogP contribution in [0.4, 0.5) is 16.3 Å². The SMILES string of the molecule is CC1COCCN1c1nc(-c2ccc(N)cc2)nc2c1CN(C(=O)O)CC2. The molecule has 1 amide bonds. The molecule has 1 atom stereocenters. The minimum absolute atomic E-state index is 0.164. The van der Waals surface area contributed by atoms with Crippen LogP contribution >= 0.6 is 0 Å². The number of hydrogen-bond acceptors (Lipinski definition) is 6. The molecule has 0 saturated carbocycles. The monoisotopic (exact) mass is 369 g/mol. The molecule has 0 radical (unpaired) electrons. The standard InChI is InChI=1S/C19H23N5O3/c1-12-11-27-9-8-24(12)18-15-10-23(19(25)26)7-6-16(15)21-17(22-18)13-2-4-14(20)5-3-13/h2-5,12H,6-11,20H2,1H3,(H,25,26). The minimum atomic E-state index is -0.913. The number of nitrogens with two attached hydrogens (primary N) is 1. The molecule has 4 rings (SSSR count). The number of aromatic nitrogens is 2. The van der Waals surface area contributed by atoms with Gasteiger partial charge in [-0.15, -0.1) is 0 Å². The first-order valence-corrected chi connectivity index (χ1v) is 9.11. The Bertz CT molecular complexity index is 855. The lowest BCUT2D eigenvalue weighted by Crippen LogP contribution is -2.46. The summed E-state index contributed by atoms with van der Waals surface area (Å²) in [6.45, 7) is 4.82. The number of nitrogen functional groups attached to an aromatic ring is 1. The lowest BCUT2D eigenvalue weighted by Gasteiger charge is -2.37. The van der Waals surface area contributed by atoms with E-state index in [2.05, 4.69) is 11.8 Å². The Morgan fingerprint density at radius 2 is 2.04 bits per heavy atom. The van der Waals surface area contributed by atoms with Gasteiger partial charge in [0.2, 0.25) is 0 Å². The largest absolute Gasteiger partial charge is 0.465 e. The maximum atomic E-state index is 11.5. The average Bonchev–Trinajstić information content (AvgIpc) is 2.67. The molecule has 0 spiro atoms. The molecule has 8 heteroatoms. The molecular formula is C19H23N5O3. The van der Waals surface area contributed by atoms with Crippen molar-refractivity contribution in [3.8, 4) is 11.4 Å². The van der Waals surface area contributed by atoms with E-state index in [1.165, 1.54) is 4.90 Å². The summed E-state index contributed by atoms with van der Waals surface area (Å²) in [4.78, 5) is 24.7. The number of benzene rings is 1. The second-order valence-corrected chi connectivity index (χ2v) is 6.99. The van der Waals surface area contributed by atoms with E-state index >= 15 is 0 Å². The molecule has 2 aromatic rings. The average molecular weight is 369 g/mol. The first-order chi connectivity index (χ1) is 13.0. The number of nitrogens with zero attached hydrogens (tertiary/aromatic N) is 4. The van der Waals surface area contributed by atoms with Gasteiger partial charge in [-0.05, 0) is 31.2 Å². The van der Waals surface area contributed by atoms with Gasteiger partial charge in [-0.3, -0.25) is 0 Å². The first-order valence-electron chi connectivity index (χ1n) is 9.11. The maximum Gasteiger partial charge on any atom is 0.407 e. The molecule has 3 N–H and O–H groups in total. The van der Waals surface area contributed by atoms with Crippen molar-refractivity contribution in [2.24, 2.45) is 0 Å². The van der Waals surface area contributed by atoms with Gasteiger partial charge in [0.25, 0.3) is 0 Å². The number of carbonyl (C=O) groups is 1. The Morgan fingerprint density at radius 1 is 1.26 bits per heavy atom. The van der Waals surface area contributed by atoms with E-state index in [0.29, 0.717) is 44.2 Å². The van der Waals surface area contributed by atoms with Crippen molar-refractivity contribution in [3.05, 3.63) is 35.5 Å². The fraction of sp³-hybridized carbons (Fsp3) is 0.421. The van der Waals surface area contributed by atoms with Crippen LogP contribution in [0.3, 0.4) is 0 Å². The molecule has 1 aromatic heterocycles. The van der Waals surface area contributed by atoms with Crippen LogP contribution in [0.2, 0.25) is 0 Å². The van der Waals surface area contributed by atoms with Gasteiger partial charge < -0.3 is 25.4 Å². The van der Waals surface area contributed by atoms with Gasteiger partial charge in [-0.2, -0.15) is 0 Å². The number of ether oxygens (including phenoxy) is 1. The van der Waals surface area contributed by atoms with E-state index in [-0.39, 0.29) is 6.04 Å². The smallest absolute Gasteiger partial charge is 0.407 e. The number of morpholine rings is 1. The third-order valence-electron chi connectivity index (χ3n) is 5.12. The summed E-state index contributed by atoms with van der Waals surface area (Å²) in [6, 6.07) is 7.66. The van der Waals surface area contributed by atoms with Crippen LogP contribution in [0.25, 0.3) is 11.4 Å². The number of fused-ring (bicyclic) bond motifs is 1. The lowest BCUT2D eigenvalue weighted by atomic mass is 10.0. The van der Waals surface area contributed by atoms with Crippen molar-refractivity contribution >= 4 is 17.6 Å². The molecule has 3 heterocycles. The summed E-state index contributed by atoms with van der Waals surface area (Å²) < 4.78 is 5.56. The molecule has 1 aromatic carbocycles. The second kappa shape index (κ2) is 7.03. The topological polar surface area (TPSA) is 105 Å². The van der Waals surface area contributed by atoms with Crippen LogP contribution in [0.1, 0.15) is 18.2 Å². The Hall–Kier alpha value is -2.87. The van der Waals surface area contributed by atoms with Gasteiger partial charge in [0, 0.05) is 36.3 Å². The molecule has 2 aliphatic rings. The molecule has 0 aliphatic carbocycles. The number of carboxylic acid groups (broad SMARTS) is 1. The van der Waals surface area contributed by atoms with Gasteiger partial charge in [0.05, 0.1) is 31.5 Å². The summed E-state index contributed by atoms with van der Waals surface area (Å²) in [5.41, 5.74) is 9.21. The maximum absolute atomic E-state index is 11.5. The second-order valence-electron chi connectivity index (χ2n) is 6.99. The van der Waals surface area contributed by atoms with Crippen molar-refractivity contribution in [2.75, 3.05) is 36.9 Å². The van der Waals surface area contributed by atoms with Crippen LogP contribution in [0.5, 0.6) is 0 Å². The van der Waals surface area contributed by atoms with Crippen LogP contribution < -0.4 is 10.6 Å². The van der Waals surface area contributed by atoms with E-state index < -0.39 is 6.09 Å². The van der Waals surface area contributed by atoms with Gasteiger partial charge in [-0.25, -0.2) is 14.8 Å². The number of hydrogen-bond donors (Lipinski definition) is 2. The Labute approximate surface area is 157 Å². The predicted molar refractivity (Wildman–Crippen MR) is 102 cm³/mol. The van der Waals surface area contributed by atoms with Crippen LogP contribution in [0, 0.1) is 0 Å². The molecule has 0 bridgehead atoms. The summed E-state index contributed by atoms with van der Waals surface area (Å²) >= 11 is 0. The molecule has 142 valence electrons. The van der Waals surface area contributed by atoms with Crippen LogP contribution in [-0.4, -0.2) is 58.4 Å². The van der Waals surface area contributed by atoms with E-state index in [4.69, 9.17) is 20.4 Å². The molecule has 8 nitrogen and oxygen atoms in total. The first kappa shape index (κ1) is 17.5. The van der Waals surface area contributed by atoms with Crippen molar-refractivity contribution in [1.29, 1.82) is 0 Å². The normalized spacial score (nSPS) is 19.7. The molecule has 1 fully saturated rings. The Kier molecular flexibility index (Phi) is 4.57. The zero-order valence-corrected chi connectivity index (χ0v) is 15.3. The zero-order chi connectivity index (χ0) is 19.0. The van der Waals surface area contributed by atoms with Crippen LogP contribution in [-0.2, 0) is 17.7 Å². The minimum Gasteiger partial charge on any atom is -0.465 e. The van der Waals surface area contributed by atoms with Crippen molar-refractivity contribution in [2.45, 2.75) is 25.9 Å². The summed E-state index contributed by atoms with van der Waals surface area (Å²) in [6.07, 6.45) is -0.332. The van der Waals surface area contributed by atoms with Crippen molar-refractivity contribution in [1.82, 2.24) is 14.9 Å². The lowest BCUT2D eigenvalue weighted by molar-refractivity contribution is 0.0981. The highest BCUT2D eigenvalue weighted by atomic mass is 16.5. The Balaban J connectivity index is 1.81. The predicted octanol–water partition coefficient (Wildman–Crippen LogP) is 1.99. The quantitative estimate of drug-likeness (QED) is 0.780. The summed E-state index contributed by atoms with van der Waals surface area (Å²) in [5.74, 6) is 1.46. The molecule has 2 aliphatic heterocycles. The fourth-order valence-electron chi connectivity index (χ4n) is 3.60. The summed E-state index contributed by atoms with van der Waals surface area (Å²) in [5, 5.41) is 9.42. The van der Waals surface area contributed by atoms with Gasteiger partial charge in [0.15, 0.2) is 5.82 Å². The third kappa shape index (κ3) is 3.40. The molecule has 1 unspecified atom stereocenters. The third-order valence-corrected chi connectivity index (χ3v) is 5.12. The number of anilines is 2. The number of amides is 1. The van der Waals surface area contributed by atoms with E-state index in [0.717, 1.165) is 29.2 Å². The van der Waals surface area contributed by atoms with Gasteiger partial charge >= 0.3 is 6.09 Å². The highest BCUT2D eigenvalue weighted by Crippen LogP contribution is 2.31. The highest BCUT2D eigenvalue weighted by Gasteiger charge is 2.30. The number of rotatable bonds is 2. The van der Waals surface area contributed by atoms with Gasteiger partial charge in [-0.1, -0.05) is 0 Å². The van der Waals surface area contributed by atoms with Crippen molar-refractivity contribution < 1.29 is 14.6 Å². The van der Waals surface area contributed by atoms with E-state index in [9.17, 15) is 9.90 Å². The fourth-order valence-corrected chi connectivity index (χ4v) is 3.60. The van der Waals surface area contributed by atoms with Crippen molar-refractivity contribution in [3.63, 3.8) is 0 Å².